The fourth-order valence-electron chi connectivity index (χ4n) is 3.68. The molecule has 2 aromatic carbocycles. The number of halogens is 3. The lowest BCUT2D eigenvalue weighted by molar-refractivity contribution is -0.173. The molecule has 3 aromatic rings. The number of alkyl halides is 3. The Morgan fingerprint density at radius 1 is 1.13 bits per heavy atom. The molecule has 1 aromatic heterocycles. The first kappa shape index (κ1) is 20.0. The first-order valence-electron chi connectivity index (χ1n) is 9.66. The lowest BCUT2D eigenvalue weighted by Gasteiger charge is -2.33. The summed E-state index contributed by atoms with van der Waals surface area (Å²) in [5.74, 6) is -0.345. The first-order chi connectivity index (χ1) is 14.3. The molecule has 8 heteroatoms. The Morgan fingerprint density at radius 2 is 1.77 bits per heavy atom. The van der Waals surface area contributed by atoms with Gasteiger partial charge in [0.05, 0.1) is 12.1 Å². The average molecular weight is 414 g/mol. The van der Waals surface area contributed by atoms with Crippen LogP contribution in [0.1, 0.15) is 53.1 Å². The van der Waals surface area contributed by atoms with Crippen molar-refractivity contribution < 1.29 is 18.0 Å². The molecule has 0 fully saturated rings. The second-order valence-corrected chi connectivity index (χ2v) is 7.37. The van der Waals surface area contributed by atoms with Crippen LogP contribution in [0.4, 0.5) is 19.0 Å². The maximum absolute atomic E-state index is 13.8. The van der Waals surface area contributed by atoms with Gasteiger partial charge in [0, 0.05) is 12.5 Å². The quantitative estimate of drug-likeness (QED) is 0.629. The predicted octanol–water partition coefficient (Wildman–Crippen LogP) is 5.03. The Kier molecular flexibility index (Phi) is 5.24. The Balaban J connectivity index is 1.60. The monoisotopic (exact) mass is 414 g/mol. The van der Waals surface area contributed by atoms with Crippen molar-refractivity contribution in [1.29, 1.82) is 0 Å². The largest absolute Gasteiger partial charge is 0.410 e. The van der Waals surface area contributed by atoms with Crippen molar-refractivity contribution in [3.8, 4) is 0 Å². The van der Waals surface area contributed by atoms with E-state index in [0.29, 0.717) is 0 Å². The molecule has 1 aliphatic rings. The highest BCUT2D eigenvalue weighted by atomic mass is 19.4. The molecule has 0 aliphatic carbocycles. The van der Waals surface area contributed by atoms with Gasteiger partial charge in [0.15, 0.2) is 11.7 Å². The molecule has 4 rings (SSSR count). The van der Waals surface area contributed by atoms with E-state index in [1.807, 2.05) is 43.3 Å². The van der Waals surface area contributed by atoms with E-state index in [9.17, 15) is 18.0 Å². The molecule has 2 heterocycles. The molecule has 30 heavy (non-hydrogen) atoms. The molecule has 2 N–H and O–H groups in total. The van der Waals surface area contributed by atoms with Gasteiger partial charge >= 0.3 is 6.18 Å². The molecule has 0 unspecified atom stereocenters. The molecule has 0 radical (unpaired) electrons. The number of amides is 1. The van der Waals surface area contributed by atoms with Crippen LogP contribution in [0.15, 0.2) is 66.7 Å². The second kappa shape index (κ2) is 7.85. The molecule has 0 spiro atoms. The molecule has 1 amide bonds. The van der Waals surface area contributed by atoms with Crippen molar-refractivity contribution in [2.45, 2.75) is 37.6 Å². The van der Waals surface area contributed by atoms with Gasteiger partial charge in [-0.1, -0.05) is 60.7 Å². The van der Waals surface area contributed by atoms with Gasteiger partial charge in [-0.3, -0.25) is 4.79 Å². The zero-order chi connectivity index (χ0) is 21.3. The third-order valence-corrected chi connectivity index (χ3v) is 5.27. The number of hydrogen-bond acceptors (Lipinski definition) is 3. The minimum absolute atomic E-state index is 0.0526. The molecular weight excluding hydrogens is 393 g/mol. The van der Waals surface area contributed by atoms with Gasteiger partial charge in [-0.2, -0.15) is 18.3 Å². The molecular formula is C22H21F3N4O. The fraction of sp³-hybridized carbons (Fsp3) is 0.273. The van der Waals surface area contributed by atoms with Crippen LogP contribution in [0.25, 0.3) is 0 Å². The number of aromatic nitrogens is 2. The number of carbonyl (C=O) groups excluding carboxylic acids is 1. The summed E-state index contributed by atoms with van der Waals surface area (Å²) < 4.78 is 42.2. The Bertz CT molecular complexity index is 1020. The standard InChI is InChI=1S/C22H21F3N4O/c1-14(15-8-4-2-5-9-15)26-21(30)18-13-20-27-17(16-10-6-3-7-11-16)12-19(22(23,24)25)29(20)28-18/h2-11,13-14,17,19,27H,12H2,1H3,(H,26,30)/t14-,17+,19+/m0/s1. The van der Waals surface area contributed by atoms with E-state index in [1.54, 1.807) is 24.3 Å². The Morgan fingerprint density at radius 3 is 2.40 bits per heavy atom. The van der Waals surface area contributed by atoms with Crippen LogP contribution in [0, 0.1) is 0 Å². The first-order valence-corrected chi connectivity index (χ1v) is 9.66. The zero-order valence-corrected chi connectivity index (χ0v) is 16.2. The van der Waals surface area contributed by atoms with Crippen molar-refractivity contribution in [1.82, 2.24) is 15.1 Å². The number of nitrogens with one attached hydrogen (secondary N) is 2. The minimum Gasteiger partial charge on any atom is -0.363 e. The molecule has 156 valence electrons. The van der Waals surface area contributed by atoms with Crippen molar-refractivity contribution in [2.24, 2.45) is 0 Å². The molecule has 0 saturated carbocycles. The highest BCUT2D eigenvalue weighted by Crippen LogP contribution is 2.43. The van der Waals surface area contributed by atoms with Crippen molar-refractivity contribution in [3.05, 3.63) is 83.6 Å². The Hall–Kier alpha value is -3.29. The maximum atomic E-state index is 13.8. The number of hydrogen-bond donors (Lipinski definition) is 2. The average Bonchev–Trinajstić information content (AvgIpc) is 3.18. The van der Waals surface area contributed by atoms with Crippen LogP contribution in [0.3, 0.4) is 0 Å². The highest BCUT2D eigenvalue weighted by molar-refractivity contribution is 5.93. The minimum atomic E-state index is -4.49. The summed E-state index contributed by atoms with van der Waals surface area (Å²) in [5.41, 5.74) is 1.59. The summed E-state index contributed by atoms with van der Waals surface area (Å²) in [6, 6.07) is 17.0. The van der Waals surface area contributed by atoms with Gasteiger partial charge in [-0.05, 0) is 18.1 Å². The van der Waals surface area contributed by atoms with Gasteiger partial charge in [-0.15, -0.1) is 0 Å². The topological polar surface area (TPSA) is 59.0 Å². The zero-order valence-electron chi connectivity index (χ0n) is 16.2. The van der Waals surface area contributed by atoms with Crippen molar-refractivity contribution in [2.75, 3.05) is 5.32 Å². The molecule has 0 bridgehead atoms. The molecule has 0 saturated heterocycles. The number of carbonyl (C=O) groups is 1. The van der Waals surface area contributed by atoms with Crippen LogP contribution >= 0.6 is 0 Å². The van der Waals surface area contributed by atoms with Crippen LogP contribution in [0.5, 0.6) is 0 Å². The summed E-state index contributed by atoms with van der Waals surface area (Å²) in [6.45, 7) is 1.81. The molecule has 3 atom stereocenters. The van der Waals surface area contributed by atoms with Crippen LogP contribution in [-0.4, -0.2) is 21.9 Å². The van der Waals surface area contributed by atoms with E-state index in [0.717, 1.165) is 15.8 Å². The predicted molar refractivity (Wildman–Crippen MR) is 107 cm³/mol. The second-order valence-electron chi connectivity index (χ2n) is 7.37. The SMILES string of the molecule is C[C@H](NC(=O)c1cc2n(n1)[C@@H](C(F)(F)F)C[C@H](c1ccccc1)N2)c1ccccc1. The van der Waals surface area contributed by atoms with E-state index in [2.05, 4.69) is 15.7 Å². The normalized spacial score (nSPS) is 19.5. The van der Waals surface area contributed by atoms with Crippen molar-refractivity contribution >= 4 is 11.7 Å². The van der Waals surface area contributed by atoms with Gasteiger partial charge in [-0.25, -0.2) is 4.68 Å². The summed E-state index contributed by atoms with van der Waals surface area (Å²) in [7, 11) is 0. The van der Waals surface area contributed by atoms with Crippen LogP contribution < -0.4 is 10.6 Å². The van der Waals surface area contributed by atoms with Gasteiger partial charge in [0.25, 0.3) is 5.91 Å². The summed E-state index contributed by atoms with van der Waals surface area (Å²) in [5, 5.41) is 9.89. The summed E-state index contributed by atoms with van der Waals surface area (Å²) >= 11 is 0. The van der Waals surface area contributed by atoms with Crippen molar-refractivity contribution in [3.63, 3.8) is 0 Å². The van der Waals surface area contributed by atoms with Crippen LogP contribution in [-0.2, 0) is 0 Å². The number of fused-ring (bicyclic) bond motifs is 1. The van der Waals surface area contributed by atoms with E-state index in [1.165, 1.54) is 6.07 Å². The summed E-state index contributed by atoms with van der Waals surface area (Å²) in [4.78, 5) is 12.7. The number of rotatable bonds is 4. The van der Waals surface area contributed by atoms with E-state index in [4.69, 9.17) is 0 Å². The number of nitrogens with zero attached hydrogens (tertiary/aromatic N) is 2. The Labute approximate surface area is 171 Å². The molecule has 1 aliphatic heterocycles. The number of anilines is 1. The van der Waals surface area contributed by atoms with E-state index >= 15 is 0 Å². The van der Waals surface area contributed by atoms with Gasteiger partial charge < -0.3 is 10.6 Å². The number of benzene rings is 2. The maximum Gasteiger partial charge on any atom is 0.410 e. The third-order valence-electron chi connectivity index (χ3n) is 5.27. The third kappa shape index (κ3) is 4.03. The van der Waals surface area contributed by atoms with E-state index < -0.39 is 24.2 Å². The fourth-order valence-corrected chi connectivity index (χ4v) is 3.68. The molecule has 5 nitrogen and oxygen atoms in total. The lowest BCUT2D eigenvalue weighted by atomic mass is 9.97. The van der Waals surface area contributed by atoms with Gasteiger partial charge in [0.2, 0.25) is 0 Å². The summed E-state index contributed by atoms with van der Waals surface area (Å²) in [6.07, 6.45) is -4.69. The highest BCUT2D eigenvalue weighted by Gasteiger charge is 2.46. The lowest BCUT2D eigenvalue weighted by Crippen LogP contribution is -2.35. The van der Waals surface area contributed by atoms with Gasteiger partial charge in [0.1, 0.15) is 5.82 Å². The van der Waals surface area contributed by atoms with E-state index in [-0.39, 0.29) is 24.0 Å². The van der Waals surface area contributed by atoms with Crippen LogP contribution in [0.2, 0.25) is 0 Å². The smallest absolute Gasteiger partial charge is 0.363 e.